The Hall–Kier alpha value is -2.94. The first kappa shape index (κ1) is 31.0. The molecule has 3 heterocycles. The molecule has 1 unspecified atom stereocenters. The van der Waals surface area contributed by atoms with Crippen LogP contribution in [0.3, 0.4) is 0 Å². The molecule has 0 amide bonds. The lowest BCUT2D eigenvalue weighted by atomic mass is 9.98. The number of nitrogens with two attached hydrogens (primary N) is 1. The van der Waals surface area contributed by atoms with Crippen LogP contribution < -0.4 is 20.1 Å². The van der Waals surface area contributed by atoms with Crippen LogP contribution in [0, 0.1) is 0 Å². The number of benzene rings is 1. The number of nitrogens with zero attached hydrogens (tertiary/aromatic N) is 4. The molecule has 0 aliphatic carbocycles. The Bertz CT molecular complexity index is 1410. The molecule has 0 radical (unpaired) electrons. The molecule has 0 saturated carbocycles. The van der Waals surface area contributed by atoms with Gasteiger partial charge in [0, 0.05) is 0 Å². The van der Waals surface area contributed by atoms with E-state index in [4.69, 9.17) is 40.8 Å². The molecule has 1 aliphatic heterocycles. The molecule has 41 heavy (non-hydrogen) atoms. The Morgan fingerprint density at radius 1 is 1.32 bits per heavy atom. The van der Waals surface area contributed by atoms with Gasteiger partial charge in [0.15, 0.2) is 23.6 Å². The van der Waals surface area contributed by atoms with E-state index in [0.29, 0.717) is 12.4 Å². The van der Waals surface area contributed by atoms with Crippen molar-refractivity contribution in [1.29, 1.82) is 0 Å². The number of alkyl halides is 1. The van der Waals surface area contributed by atoms with Crippen molar-refractivity contribution < 1.29 is 37.5 Å². The number of aromatic nitrogens is 4. The minimum absolute atomic E-state index is 0.0908. The van der Waals surface area contributed by atoms with Gasteiger partial charge in [-0.05, 0) is 58.6 Å². The monoisotopic (exact) mass is 612 g/mol. The number of carbonyl (C=O) groups excluding carboxylic acids is 1. The van der Waals surface area contributed by atoms with Crippen molar-refractivity contribution in [2.45, 2.75) is 70.9 Å². The summed E-state index contributed by atoms with van der Waals surface area (Å²) in [5, 5.41) is 14.1. The summed E-state index contributed by atoms with van der Waals surface area (Å²) in [5.41, 5.74) is 4.28. The third-order valence-electron chi connectivity index (χ3n) is 6.06. The average Bonchev–Trinajstić information content (AvgIpc) is 3.41. The molecule has 0 spiro atoms. The Morgan fingerprint density at radius 2 is 2.02 bits per heavy atom. The maximum absolute atomic E-state index is 15.7. The van der Waals surface area contributed by atoms with Crippen molar-refractivity contribution >= 4 is 41.5 Å². The van der Waals surface area contributed by atoms with Crippen molar-refractivity contribution in [3.05, 3.63) is 36.7 Å². The molecule has 2 aromatic heterocycles. The lowest BCUT2D eigenvalue weighted by Gasteiger charge is -2.28. The fraction of sp³-hybridized carbons (Fsp3) is 0.520. The number of hydrogen-bond acceptors (Lipinski definition) is 12. The van der Waals surface area contributed by atoms with Gasteiger partial charge in [-0.25, -0.2) is 14.5 Å². The lowest BCUT2D eigenvalue weighted by Crippen LogP contribution is -2.42. The van der Waals surface area contributed by atoms with Gasteiger partial charge in [-0.15, -0.1) is 0 Å². The zero-order valence-corrected chi connectivity index (χ0v) is 25.0. The van der Waals surface area contributed by atoms with Crippen LogP contribution in [0.15, 0.2) is 36.7 Å². The standard InChI is InChI=1S/C25H34FN6O7PS/c1-6-35-21-18-20(29-24(27)30-21)32(13-28-18)23-25(5,34)19(26)17(38-23)12-36-40(41,39-16-10-8-7-9-11-16)31-15(4)22(33)37-14(2)3/h7-11,13-15,17,19,23,34H,6,12H2,1-5H3,(H,31,41)(H2,27,29,30)/t15-,17+,19+,23+,25+,40?/m0/s1. The number of aliphatic hydroxyl groups is 1. The van der Waals surface area contributed by atoms with Gasteiger partial charge < -0.3 is 34.1 Å². The number of nitrogens with one attached hydrogen (secondary N) is 1. The van der Waals surface area contributed by atoms with E-state index in [1.807, 2.05) is 0 Å². The molecule has 1 aliphatic rings. The summed E-state index contributed by atoms with van der Waals surface area (Å²) >= 11 is 5.70. The van der Waals surface area contributed by atoms with Crippen molar-refractivity contribution in [2.24, 2.45) is 0 Å². The van der Waals surface area contributed by atoms with Gasteiger partial charge in [-0.3, -0.25) is 9.36 Å². The van der Waals surface area contributed by atoms with E-state index in [1.165, 1.54) is 17.8 Å². The molecule has 4 rings (SSSR count). The number of anilines is 1. The number of hydrogen-bond donors (Lipinski definition) is 3. The second-order valence-corrected chi connectivity index (χ2v) is 13.0. The maximum Gasteiger partial charge on any atom is 0.323 e. The second-order valence-electron chi connectivity index (χ2n) is 9.83. The van der Waals surface area contributed by atoms with E-state index in [9.17, 15) is 9.90 Å². The van der Waals surface area contributed by atoms with E-state index in [-0.39, 0.29) is 29.1 Å². The molecular weight excluding hydrogens is 578 g/mol. The number of fused-ring (bicyclic) bond motifs is 1. The molecule has 6 atom stereocenters. The van der Waals surface area contributed by atoms with Gasteiger partial charge in [0.05, 0.1) is 25.6 Å². The summed E-state index contributed by atoms with van der Waals surface area (Å²) in [5.74, 6) is -0.114. The van der Waals surface area contributed by atoms with Crippen LogP contribution in [0.1, 0.15) is 40.8 Å². The molecule has 1 fully saturated rings. The first-order valence-electron chi connectivity index (χ1n) is 13.0. The zero-order valence-electron chi connectivity index (χ0n) is 23.3. The van der Waals surface area contributed by atoms with E-state index < -0.39 is 49.4 Å². The van der Waals surface area contributed by atoms with Crippen LogP contribution in [-0.2, 0) is 30.6 Å². The van der Waals surface area contributed by atoms with Crippen LogP contribution >= 0.6 is 6.64 Å². The van der Waals surface area contributed by atoms with Gasteiger partial charge >= 0.3 is 12.6 Å². The van der Waals surface area contributed by atoms with Crippen molar-refractivity contribution in [3.63, 3.8) is 0 Å². The summed E-state index contributed by atoms with van der Waals surface area (Å²) in [7, 11) is 0. The van der Waals surface area contributed by atoms with Crippen molar-refractivity contribution in [3.8, 4) is 11.6 Å². The van der Waals surface area contributed by atoms with Gasteiger partial charge in [0.2, 0.25) is 11.8 Å². The smallest absolute Gasteiger partial charge is 0.323 e. The summed E-state index contributed by atoms with van der Waals surface area (Å²) < 4.78 is 45.7. The predicted octanol–water partition coefficient (Wildman–Crippen LogP) is 3.04. The Labute approximate surface area is 241 Å². The normalized spacial score (nSPS) is 24.7. The van der Waals surface area contributed by atoms with Gasteiger partial charge in [-0.1, -0.05) is 18.2 Å². The summed E-state index contributed by atoms with van der Waals surface area (Å²) in [4.78, 5) is 25.0. The van der Waals surface area contributed by atoms with Gasteiger partial charge in [-0.2, -0.15) is 9.97 Å². The highest BCUT2D eigenvalue weighted by atomic mass is 32.5. The van der Waals surface area contributed by atoms with Crippen LogP contribution in [0.5, 0.6) is 11.6 Å². The summed E-state index contributed by atoms with van der Waals surface area (Å²) in [6.07, 6.45) is -3.47. The van der Waals surface area contributed by atoms with E-state index in [2.05, 4.69) is 20.0 Å². The van der Waals surface area contributed by atoms with Crippen molar-refractivity contribution in [1.82, 2.24) is 24.6 Å². The Kier molecular flexibility index (Phi) is 9.46. The minimum Gasteiger partial charge on any atom is -0.476 e. The fourth-order valence-corrected chi connectivity index (χ4v) is 6.59. The number of imidazole rings is 1. The fourth-order valence-electron chi connectivity index (χ4n) is 4.18. The predicted molar refractivity (Wildman–Crippen MR) is 151 cm³/mol. The molecule has 3 aromatic rings. The zero-order chi connectivity index (χ0) is 29.9. The number of ether oxygens (including phenoxy) is 3. The number of esters is 1. The quantitative estimate of drug-likeness (QED) is 0.202. The molecule has 1 saturated heterocycles. The van der Waals surface area contributed by atoms with Gasteiger partial charge in [0.1, 0.15) is 23.5 Å². The lowest BCUT2D eigenvalue weighted by molar-refractivity contribution is -0.149. The van der Waals surface area contributed by atoms with E-state index in [1.54, 1.807) is 58.0 Å². The summed E-state index contributed by atoms with van der Waals surface area (Å²) in [6, 6.07) is 7.73. The third kappa shape index (κ3) is 6.93. The van der Waals surface area contributed by atoms with Crippen LogP contribution in [0.25, 0.3) is 11.2 Å². The molecular formula is C25H34FN6O7PS. The number of nitrogen functional groups attached to an aromatic ring is 1. The van der Waals surface area contributed by atoms with E-state index in [0.717, 1.165) is 0 Å². The van der Waals surface area contributed by atoms with Crippen molar-refractivity contribution in [2.75, 3.05) is 18.9 Å². The summed E-state index contributed by atoms with van der Waals surface area (Å²) in [6.45, 7) is 4.49. The van der Waals surface area contributed by atoms with Crippen LogP contribution in [0.4, 0.5) is 10.3 Å². The van der Waals surface area contributed by atoms with E-state index >= 15 is 4.39 Å². The molecule has 224 valence electrons. The third-order valence-corrected chi connectivity index (χ3v) is 8.56. The maximum atomic E-state index is 15.7. The first-order chi connectivity index (χ1) is 19.3. The SMILES string of the molecule is CCOc1nc(N)nc2c1ncn2[C@@H]1O[C@H](COP(=S)(N[C@@H](C)C(=O)OC(C)C)Oc2ccccc2)[C@@H](F)[C@@]1(C)O. The second kappa shape index (κ2) is 12.5. The largest absolute Gasteiger partial charge is 0.476 e. The Morgan fingerprint density at radius 3 is 2.68 bits per heavy atom. The number of carbonyl (C=O) groups is 1. The molecule has 16 heteroatoms. The topological polar surface area (TPSA) is 165 Å². The highest BCUT2D eigenvalue weighted by molar-refractivity contribution is 8.09. The molecule has 1 aromatic carbocycles. The minimum atomic E-state index is -3.47. The van der Waals surface area contributed by atoms with Crippen LogP contribution in [0.2, 0.25) is 0 Å². The first-order valence-corrected chi connectivity index (χ1v) is 15.6. The molecule has 0 bridgehead atoms. The number of halogens is 1. The van der Waals surface area contributed by atoms with Crippen LogP contribution in [-0.4, -0.2) is 73.8 Å². The Balaban J connectivity index is 1.56. The highest BCUT2D eigenvalue weighted by Gasteiger charge is 2.55. The molecule has 4 N–H and O–H groups in total. The highest BCUT2D eigenvalue weighted by Crippen LogP contribution is 2.48. The average molecular weight is 613 g/mol. The van der Waals surface area contributed by atoms with Gasteiger partial charge in [0.25, 0.3) is 0 Å². The molecule has 13 nitrogen and oxygen atoms in total. The number of para-hydroxylation sites is 1. The number of rotatable bonds is 12.